The number of carbonyl (C=O) groups is 2. The Hall–Kier alpha value is -1.68. The quantitative estimate of drug-likeness (QED) is 0.606. The summed E-state index contributed by atoms with van der Waals surface area (Å²) in [6.45, 7) is 5.88. The van der Waals surface area contributed by atoms with Gasteiger partial charge in [0, 0.05) is 12.1 Å². The van der Waals surface area contributed by atoms with E-state index in [4.69, 9.17) is 0 Å². The normalized spacial score (nSPS) is 13.7. The molecule has 4 nitrogen and oxygen atoms in total. The predicted molar refractivity (Wildman–Crippen MR) is 74.0 cm³/mol. The molecule has 104 valence electrons. The maximum absolute atomic E-state index is 11.8. The van der Waals surface area contributed by atoms with Crippen molar-refractivity contribution < 1.29 is 14.7 Å². The Morgan fingerprint density at radius 1 is 1.26 bits per heavy atom. The fourth-order valence-corrected chi connectivity index (χ4v) is 1.59. The smallest absolute Gasteiger partial charge is 0.292 e. The molecule has 1 amide bonds. The van der Waals surface area contributed by atoms with Gasteiger partial charge in [0.1, 0.15) is 0 Å². The third-order valence-corrected chi connectivity index (χ3v) is 3.29. The number of rotatable bonds is 6. The lowest BCUT2D eigenvalue weighted by Crippen LogP contribution is -2.38. The number of amides is 1. The minimum absolute atomic E-state index is 0.0924. The number of benzene rings is 1. The van der Waals surface area contributed by atoms with Crippen molar-refractivity contribution in [2.24, 2.45) is 5.92 Å². The molecule has 2 atom stereocenters. The summed E-state index contributed by atoms with van der Waals surface area (Å²) < 4.78 is 0. The minimum atomic E-state index is -0.675. The average molecular weight is 263 g/mol. The molecule has 0 saturated carbocycles. The van der Waals surface area contributed by atoms with E-state index in [0.29, 0.717) is 5.56 Å². The molecular formula is C15H21NO3. The van der Waals surface area contributed by atoms with Gasteiger partial charge >= 0.3 is 0 Å². The first kappa shape index (κ1) is 15.4. The SMILES string of the molecule is CCC(C)C(O)CNC(=O)C(=O)c1ccc(C)cc1. The molecule has 1 aromatic rings. The summed E-state index contributed by atoms with van der Waals surface area (Å²) in [4.78, 5) is 23.5. The van der Waals surface area contributed by atoms with E-state index in [9.17, 15) is 14.7 Å². The highest BCUT2D eigenvalue weighted by molar-refractivity contribution is 6.42. The van der Waals surface area contributed by atoms with Crippen LogP contribution in [0.25, 0.3) is 0 Å². The maximum atomic E-state index is 11.8. The molecule has 2 unspecified atom stereocenters. The Labute approximate surface area is 113 Å². The molecule has 0 aliphatic rings. The minimum Gasteiger partial charge on any atom is -0.391 e. The van der Waals surface area contributed by atoms with E-state index in [1.54, 1.807) is 24.3 Å². The van der Waals surface area contributed by atoms with Crippen molar-refractivity contribution in [3.8, 4) is 0 Å². The second kappa shape index (κ2) is 7.04. The zero-order valence-electron chi connectivity index (χ0n) is 11.6. The standard InChI is InChI=1S/C15H21NO3/c1-4-11(3)13(17)9-16-15(19)14(18)12-7-5-10(2)6-8-12/h5-8,11,13,17H,4,9H2,1-3H3,(H,16,19). The Morgan fingerprint density at radius 3 is 2.37 bits per heavy atom. The van der Waals surface area contributed by atoms with Crippen molar-refractivity contribution in [3.63, 3.8) is 0 Å². The van der Waals surface area contributed by atoms with Crippen LogP contribution in [0.1, 0.15) is 36.2 Å². The summed E-state index contributed by atoms with van der Waals surface area (Å²) in [6.07, 6.45) is 0.197. The number of nitrogens with one attached hydrogen (secondary N) is 1. The molecule has 1 aromatic carbocycles. The van der Waals surface area contributed by atoms with E-state index in [1.165, 1.54) is 0 Å². The molecule has 1 rings (SSSR count). The van der Waals surface area contributed by atoms with Crippen molar-refractivity contribution in [3.05, 3.63) is 35.4 Å². The second-order valence-electron chi connectivity index (χ2n) is 4.86. The van der Waals surface area contributed by atoms with Crippen molar-refractivity contribution in [2.75, 3.05) is 6.54 Å². The van der Waals surface area contributed by atoms with Gasteiger partial charge in [0.05, 0.1) is 6.10 Å². The van der Waals surface area contributed by atoms with Crippen LogP contribution in [0, 0.1) is 12.8 Å². The van der Waals surface area contributed by atoms with Crippen LogP contribution in [0.3, 0.4) is 0 Å². The molecule has 0 spiro atoms. The molecule has 4 heteroatoms. The largest absolute Gasteiger partial charge is 0.391 e. The molecule has 0 aromatic heterocycles. The van der Waals surface area contributed by atoms with Gasteiger partial charge in [0.25, 0.3) is 5.91 Å². The van der Waals surface area contributed by atoms with Crippen molar-refractivity contribution in [1.29, 1.82) is 0 Å². The van der Waals surface area contributed by atoms with Gasteiger partial charge in [-0.1, -0.05) is 50.1 Å². The molecule has 0 radical (unpaired) electrons. The van der Waals surface area contributed by atoms with Gasteiger partial charge in [-0.05, 0) is 12.8 Å². The van der Waals surface area contributed by atoms with Crippen LogP contribution in [0.5, 0.6) is 0 Å². The first-order valence-electron chi connectivity index (χ1n) is 6.53. The third kappa shape index (κ3) is 4.48. The first-order valence-corrected chi connectivity index (χ1v) is 6.53. The summed E-state index contributed by atoms with van der Waals surface area (Å²) in [5.74, 6) is -1.16. The molecule has 0 heterocycles. The maximum Gasteiger partial charge on any atom is 0.292 e. The average Bonchev–Trinajstić information content (AvgIpc) is 2.43. The first-order chi connectivity index (χ1) is 8.95. The summed E-state index contributed by atoms with van der Waals surface area (Å²) >= 11 is 0. The lowest BCUT2D eigenvalue weighted by Gasteiger charge is -2.17. The van der Waals surface area contributed by atoms with E-state index < -0.39 is 17.8 Å². The van der Waals surface area contributed by atoms with E-state index in [-0.39, 0.29) is 12.5 Å². The lowest BCUT2D eigenvalue weighted by molar-refractivity contribution is -0.117. The van der Waals surface area contributed by atoms with Crippen LogP contribution >= 0.6 is 0 Å². The number of ketones is 1. The van der Waals surface area contributed by atoms with Gasteiger partial charge in [-0.3, -0.25) is 9.59 Å². The number of hydrogen-bond acceptors (Lipinski definition) is 3. The molecule has 19 heavy (non-hydrogen) atoms. The van der Waals surface area contributed by atoms with Gasteiger partial charge in [-0.15, -0.1) is 0 Å². The highest BCUT2D eigenvalue weighted by atomic mass is 16.3. The summed E-state index contributed by atoms with van der Waals surface area (Å²) in [6, 6.07) is 6.83. The predicted octanol–water partition coefficient (Wildman–Crippen LogP) is 1.70. The highest BCUT2D eigenvalue weighted by Crippen LogP contribution is 2.07. The van der Waals surface area contributed by atoms with Gasteiger partial charge in [0.15, 0.2) is 0 Å². The fourth-order valence-electron chi connectivity index (χ4n) is 1.59. The molecule has 0 aliphatic heterocycles. The molecular weight excluding hydrogens is 242 g/mol. The van der Waals surface area contributed by atoms with E-state index in [1.807, 2.05) is 20.8 Å². The highest BCUT2D eigenvalue weighted by Gasteiger charge is 2.18. The topological polar surface area (TPSA) is 66.4 Å². The van der Waals surface area contributed by atoms with E-state index in [2.05, 4.69) is 5.32 Å². The molecule has 2 N–H and O–H groups in total. The van der Waals surface area contributed by atoms with Crippen LogP contribution in [0.2, 0.25) is 0 Å². The summed E-state index contributed by atoms with van der Waals surface area (Å²) in [5.41, 5.74) is 1.39. The second-order valence-corrected chi connectivity index (χ2v) is 4.86. The molecule has 0 bridgehead atoms. The number of Topliss-reactive ketones (excluding diaryl/α,β-unsaturated/α-hetero) is 1. The van der Waals surface area contributed by atoms with Gasteiger partial charge in [-0.2, -0.15) is 0 Å². The number of hydrogen-bond donors (Lipinski definition) is 2. The number of aliphatic hydroxyl groups excluding tert-OH is 1. The van der Waals surface area contributed by atoms with Crippen LogP contribution in [0.4, 0.5) is 0 Å². The van der Waals surface area contributed by atoms with E-state index >= 15 is 0 Å². The monoisotopic (exact) mass is 263 g/mol. The van der Waals surface area contributed by atoms with Gasteiger partial charge in [-0.25, -0.2) is 0 Å². The zero-order chi connectivity index (χ0) is 14.4. The Balaban J connectivity index is 2.54. The number of aryl methyl sites for hydroxylation is 1. The van der Waals surface area contributed by atoms with Crippen LogP contribution in [0.15, 0.2) is 24.3 Å². The van der Waals surface area contributed by atoms with Crippen molar-refractivity contribution >= 4 is 11.7 Å². The van der Waals surface area contributed by atoms with Crippen LogP contribution in [-0.2, 0) is 4.79 Å². The lowest BCUT2D eigenvalue weighted by atomic mass is 10.0. The Bertz CT molecular complexity index is 439. The fraction of sp³-hybridized carbons (Fsp3) is 0.467. The van der Waals surface area contributed by atoms with Crippen LogP contribution < -0.4 is 5.32 Å². The Morgan fingerprint density at radius 2 is 1.84 bits per heavy atom. The van der Waals surface area contributed by atoms with Crippen molar-refractivity contribution in [1.82, 2.24) is 5.32 Å². The van der Waals surface area contributed by atoms with Crippen molar-refractivity contribution in [2.45, 2.75) is 33.3 Å². The zero-order valence-corrected chi connectivity index (χ0v) is 11.6. The molecule has 0 fully saturated rings. The van der Waals surface area contributed by atoms with Crippen LogP contribution in [-0.4, -0.2) is 29.4 Å². The summed E-state index contributed by atoms with van der Waals surface area (Å²) in [7, 11) is 0. The van der Waals surface area contributed by atoms with Gasteiger partial charge in [0.2, 0.25) is 5.78 Å². The molecule has 0 aliphatic carbocycles. The third-order valence-electron chi connectivity index (χ3n) is 3.29. The van der Waals surface area contributed by atoms with Gasteiger partial charge < -0.3 is 10.4 Å². The number of carbonyl (C=O) groups excluding carboxylic acids is 2. The Kier molecular flexibility index (Phi) is 5.70. The van der Waals surface area contributed by atoms with E-state index in [0.717, 1.165) is 12.0 Å². The summed E-state index contributed by atoms with van der Waals surface area (Å²) in [5, 5.41) is 12.2. The number of aliphatic hydroxyl groups is 1. The molecule has 0 saturated heterocycles.